The molecule has 1 heterocycles. The van der Waals surface area contributed by atoms with Crippen LogP contribution in [0.2, 0.25) is 0 Å². The highest BCUT2D eigenvalue weighted by molar-refractivity contribution is 7.80. The largest absolute Gasteiger partial charge is 0.352 e. The number of thiocarbonyl (C=S) groups is 1. The van der Waals surface area contributed by atoms with E-state index in [4.69, 9.17) is 12.2 Å². The third-order valence-electron chi connectivity index (χ3n) is 6.60. The molecular weight excluding hydrogens is 346 g/mol. The van der Waals surface area contributed by atoms with E-state index in [9.17, 15) is 0 Å². The zero-order chi connectivity index (χ0) is 19.4. The SMILES string of the molecule is C=C[C@](C)(CC)[C@H](C)C(=S)N1[C@@H](c2ccccc2)CC[C@@H]1c1ccccc1. The standard InChI is InChI=1S/C25H31NS/c1-5-25(4,6-2)19(3)24(27)26-22(20-13-9-7-10-14-20)17-18-23(26)21-15-11-8-12-16-21/h5,7-16,19,22-23H,1,6,17-18H2,2-4H3/t19-,22-,23-,25-/m1/s1. The number of allylic oxidation sites excluding steroid dienone is 1. The van der Waals surface area contributed by atoms with Gasteiger partial charge in [-0.3, -0.25) is 0 Å². The second-order valence-electron chi connectivity index (χ2n) is 7.96. The van der Waals surface area contributed by atoms with Crippen LogP contribution in [0, 0.1) is 11.3 Å². The van der Waals surface area contributed by atoms with Crippen LogP contribution in [-0.4, -0.2) is 9.89 Å². The van der Waals surface area contributed by atoms with E-state index in [0.29, 0.717) is 12.1 Å². The second kappa shape index (κ2) is 8.39. The van der Waals surface area contributed by atoms with Crippen LogP contribution in [0.15, 0.2) is 73.3 Å². The molecule has 0 spiro atoms. The monoisotopic (exact) mass is 377 g/mol. The Morgan fingerprint density at radius 2 is 1.52 bits per heavy atom. The van der Waals surface area contributed by atoms with Crippen molar-refractivity contribution in [3.05, 3.63) is 84.4 Å². The van der Waals surface area contributed by atoms with E-state index in [1.165, 1.54) is 11.1 Å². The van der Waals surface area contributed by atoms with Gasteiger partial charge in [0, 0.05) is 5.92 Å². The van der Waals surface area contributed by atoms with Gasteiger partial charge in [0.05, 0.1) is 17.1 Å². The molecule has 1 aliphatic rings. The number of nitrogens with zero attached hydrogens (tertiary/aromatic N) is 1. The molecule has 3 rings (SSSR count). The van der Waals surface area contributed by atoms with Gasteiger partial charge in [-0.2, -0.15) is 0 Å². The first-order chi connectivity index (χ1) is 13.0. The van der Waals surface area contributed by atoms with Gasteiger partial charge in [0.2, 0.25) is 0 Å². The predicted octanol–water partition coefficient (Wildman–Crippen LogP) is 7.13. The molecule has 2 aromatic rings. The maximum Gasteiger partial charge on any atom is 0.0826 e. The van der Waals surface area contributed by atoms with Crippen LogP contribution < -0.4 is 0 Å². The summed E-state index contributed by atoms with van der Waals surface area (Å²) in [6.45, 7) is 10.9. The minimum atomic E-state index is 0.0160. The van der Waals surface area contributed by atoms with Crippen LogP contribution in [0.25, 0.3) is 0 Å². The lowest BCUT2D eigenvalue weighted by Gasteiger charge is -2.41. The van der Waals surface area contributed by atoms with Gasteiger partial charge in [0.1, 0.15) is 0 Å². The fourth-order valence-electron chi connectivity index (χ4n) is 4.26. The molecule has 0 aromatic heterocycles. The number of hydrogen-bond acceptors (Lipinski definition) is 1. The Balaban J connectivity index is 2.00. The Kier molecular flexibility index (Phi) is 6.16. The van der Waals surface area contributed by atoms with E-state index in [0.717, 1.165) is 24.3 Å². The molecule has 0 radical (unpaired) electrons. The maximum absolute atomic E-state index is 6.15. The van der Waals surface area contributed by atoms with Crippen LogP contribution in [0.5, 0.6) is 0 Å². The molecule has 0 aliphatic carbocycles. The number of benzene rings is 2. The predicted molar refractivity (Wildman–Crippen MR) is 120 cm³/mol. The third kappa shape index (κ3) is 3.87. The first kappa shape index (κ1) is 19.8. The summed E-state index contributed by atoms with van der Waals surface area (Å²) in [5.41, 5.74) is 2.74. The van der Waals surface area contributed by atoms with Crippen LogP contribution in [0.3, 0.4) is 0 Å². The molecule has 1 fully saturated rings. The lowest BCUT2D eigenvalue weighted by atomic mass is 9.75. The molecule has 2 aromatic carbocycles. The Bertz CT molecular complexity index is 722. The van der Waals surface area contributed by atoms with Crippen molar-refractivity contribution in [3.63, 3.8) is 0 Å². The number of hydrogen-bond donors (Lipinski definition) is 0. The molecule has 0 unspecified atom stereocenters. The van der Waals surface area contributed by atoms with Gasteiger partial charge in [-0.05, 0) is 35.8 Å². The van der Waals surface area contributed by atoms with E-state index in [1.807, 2.05) is 0 Å². The lowest BCUT2D eigenvalue weighted by Crippen LogP contribution is -2.40. The summed E-state index contributed by atoms with van der Waals surface area (Å²) < 4.78 is 0. The smallest absolute Gasteiger partial charge is 0.0826 e. The van der Waals surface area contributed by atoms with Gasteiger partial charge in [-0.25, -0.2) is 0 Å². The highest BCUT2D eigenvalue weighted by Crippen LogP contribution is 2.47. The first-order valence-electron chi connectivity index (χ1n) is 10.1. The number of likely N-dealkylation sites (tertiary alicyclic amines) is 1. The average Bonchev–Trinajstić information content (AvgIpc) is 3.18. The van der Waals surface area contributed by atoms with Gasteiger partial charge in [0.15, 0.2) is 0 Å². The van der Waals surface area contributed by atoms with E-state index in [2.05, 4.69) is 99.0 Å². The quantitative estimate of drug-likeness (QED) is 0.389. The summed E-state index contributed by atoms with van der Waals surface area (Å²) >= 11 is 6.15. The minimum Gasteiger partial charge on any atom is -0.352 e. The van der Waals surface area contributed by atoms with Crippen LogP contribution in [0.1, 0.15) is 63.2 Å². The molecule has 0 N–H and O–H groups in total. The van der Waals surface area contributed by atoms with Crippen LogP contribution in [-0.2, 0) is 0 Å². The fourth-order valence-corrected chi connectivity index (χ4v) is 4.78. The Morgan fingerprint density at radius 3 is 1.89 bits per heavy atom. The summed E-state index contributed by atoms with van der Waals surface area (Å²) in [5.74, 6) is 0.269. The number of rotatable bonds is 6. The van der Waals surface area contributed by atoms with Gasteiger partial charge >= 0.3 is 0 Å². The first-order valence-corrected chi connectivity index (χ1v) is 10.5. The highest BCUT2D eigenvalue weighted by atomic mass is 32.1. The molecule has 2 heteroatoms. The molecule has 0 bridgehead atoms. The van der Waals surface area contributed by atoms with E-state index >= 15 is 0 Å². The summed E-state index contributed by atoms with van der Waals surface area (Å²) in [5, 5.41) is 0. The van der Waals surface area contributed by atoms with Crippen molar-refractivity contribution in [1.29, 1.82) is 0 Å². The molecule has 1 aliphatic heterocycles. The molecule has 142 valence electrons. The van der Waals surface area contributed by atoms with E-state index < -0.39 is 0 Å². The van der Waals surface area contributed by atoms with Crippen molar-refractivity contribution in [1.82, 2.24) is 4.90 Å². The maximum atomic E-state index is 6.15. The molecule has 0 saturated carbocycles. The van der Waals surface area contributed by atoms with Gasteiger partial charge in [0.25, 0.3) is 0 Å². The highest BCUT2D eigenvalue weighted by Gasteiger charge is 2.41. The zero-order valence-electron chi connectivity index (χ0n) is 16.8. The van der Waals surface area contributed by atoms with Gasteiger partial charge in [-0.15, -0.1) is 6.58 Å². The Hall–Kier alpha value is -1.93. The van der Waals surface area contributed by atoms with Crippen molar-refractivity contribution in [2.75, 3.05) is 0 Å². The summed E-state index contributed by atoms with van der Waals surface area (Å²) in [4.78, 5) is 3.60. The zero-order valence-corrected chi connectivity index (χ0v) is 17.6. The van der Waals surface area contributed by atoms with Crippen LogP contribution in [0.4, 0.5) is 0 Å². The molecular formula is C25H31NS. The average molecular weight is 378 g/mol. The summed E-state index contributed by atoms with van der Waals surface area (Å²) in [7, 11) is 0. The molecule has 1 saturated heterocycles. The van der Waals surface area contributed by atoms with Crippen molar-refractivity contribution in [3.8, 4) is 0 Å². The van der Waals surface area contributed by atoms with Crippen molar-refractivity contribution in [2.45, 2.75) is 52.1 Å². The van der Waals surface area contributed by atoms with E-state index in [1.54, 1.807) is 0 Å². The Morgan fingerprint density at radius 1 is 1.07 bits per heavy atom. The van der Waals surface area contributed by atoms with Crippen molar-refractivity contribution in [2.24, 2.45) is 11.3 Å². The van der Waals surface area contributed by atoms with Crippen LogP contribution >= 0.6 is 12.2 Å². The molecule has 4 atom stereocenters. The lowest BCUT2D eigenvalue weighted by molar-refractivity contribution is 0.267. The second-order valence-corrected chi connectivity index (χ2v) is 8.38. The van der Waals surface area contributed by atoms with Gasteiger partial charge in [-0.1, -0.05) is 99.7 Å². The van der Waals surface area contributed by atoms with Gasteiger partial charge < -0.3 is 4.90 Å². The third-order valence-corrected chi connectivity index (χ3v) is 7.16. The topological polar surface area (TPSA) is 3.24 Å². The minimum absolute atomic E-state index is 0.0160. The van der Waals surface area contributed by atoms with Crippen molar-refractivity contribution < 1.29 is 0 Å². The summed E-state index contributed by atoms with van der Waals surface area (Å²) in [6, 6.07) is 22.4. The Labute approximate surface area is 170 Å². The summed E-state index contributed by atoms with van der Waals surface area (Å²) in [6.07, 6.45) is 5.40. The van der Waals surface area contributed by atoms with Crippen molar-refractivity contribution >= 4 is 17.2 Å². The normalized spacial score (nSPS) is 22.9. The van der Waals surface area contributed by atoms with E-state index in [-0.39, 0.29) is 11.3 Å². The fraction of sp³-hybridized carbons (Fsp3) is 0.400. The molecule has 27 heavy (non-hydrogen) atoms. The molecule has 1 nitrogen and oxygen atoms in total. The molecule has 0 amide bonds.